The van der Waals surface area contributed by atoms with Crippen molar-refractivity contribution >= 4 is 46.1 Å². The fourth-order valence-electron chi connectivity index (χ4n) is 3.57. The molecule has 9 heteroatoms. The molecular formula is C22H21N3O5S. The van der Waals surface area contributed by atoms with Gasteiger partial charge in [-0.15, -0.1) is 0 Å². The van der Waals surface area contributed by atoms with Gasteiger partial charge in [0.25, 0.3) is 5.24 Å². The van der Waals surface area contributed by atoms with Gasteiger partial charge in [-0.3, -0.25) is 24.1 Å². The van der Waals surface area contributed by atoms with Crippen molar-refractivity contribution < 1.29 is 23.9 Å². The molecule has 2 heterocycles. The Morgan fingerprint density at radius 2 is 1.90 bits per heavy atom. The SMILES string of the molecule is COc1cccc(N2CC(C(=O)Nc3ccc(CN4C(=O)CSC4=O)cc3)CC2=O)c1. The number of anilines is 2. The summed E-state index contributed by atoms with van der Waals surface area (Å²) in [5, 5.41) is 2.60. The highest BCUT2D eigenvalue weighted by molar-refractivity contribution is 8.14. The first-order valence-electron chi connectivity index (χ1n) is 9.76. The molecule has 1 atom stereocenters. The van der Waals surface area contributed by atoms with E-state index in [2.05, 4.69) is 5.32 Å². The Morgan fingerprint density at radius 1 is 1.13 bits per heavy atom. The highest BCUT2D eigenvalue weighted by Crippen LogP contribution is 2.29. The Labute approximate surface area is 183 Å². The maximum Gasteiger partial charge on any atom is 0.289 e. The van der Waals surface area contributed by atoms with Crippen molar-refractivity contribution in [1.29, 1.82) is 0 Å². The molecule has 4 amide bonds. The summed E-state index contributed by atoms with van der Waals surface area (Å²) in [6.07, 6.45) is 0.137. The number of carbonyl (C=O) groups excluding carboxylic acids is 4. The average Bonchev–Trinajstić information content (AvgIpc) is 3.32. The normalized spacial score (nSPS) is 18.6. The lowest BCUT2D eigenvalue weighted by molar-refractivity contribution is -0.125. The van der Waals surface area contributed by atoms with Crippen LogP contribution >= 0.6 is 11.8 Å². The zero-order valence-electron chi connectivity index (χ0n) is 16.9. The van der Waals surface area contributed by atoms with Crippen molar-refractivity contribution in [3.63, 3.8) is 0 Å². The molecule has 2 aliphatic rings. The molecule has 1 unspecified atom stereocenters. The molecule has 2 fully saturated rings. The van der Waals surface area contributed by atoms with Gasteiger partial charge in [-0.1, -0.05) is 30.0 Å². The molecule has 0 saturated carbocycles. The zero-order valence-corrected chi connectivity index (χ0v) is 17.7. The summed E-state index contributed by atoms with van der Waals surface area (Å²) in [6.45, 7) is 0.512. The first-order chi connectivity index (χ1) is 14.9. The predicted molar refractivity (Wildman–Crippen MR) is 117 cm³/mol. The molecule has 2 aromatic carbocycles. The van der Waals surface area contributed by atoms with Gasteiger partial charge in [0.15, 0.2) is 0 Å². The molecule has 2 saturated heterocycles. The number of thioether (sulfide) groups is 1. The summed E-state index contributed by atoms with van der Waals surface area (Å²) in [6, 6.07) is 14.2. The summed E-state index contributed by atoms with van der Waals surface area (Å²) in [5.74, 6) is -0.169. The van der Waals surface area contributed by atoms with Crippen LogP contribution in [0.4, 0.5) is 16.2 Å². The van der Waals surface area contributed by atoms with E-state index in [-0.39, 0.29) is 41.7 Å². The quantitative estimate of drug-likeness (QED) is 0.744. The topological polar surface area (TPSA) is 96.0 Å². The van der Waals surface area contributed by atoms with Gasteiger partial charge >= 0.3 is 0 Å². The lowest BCUT2D eigenvalue weighted by Crippen LogP contribution is -2.28. The fourth-order valence-corrected chi connectivity index (χ4v) is 4.29. The minimum Gasteiger partial charge on any atom is -0.497 e. The molecular weight excluding hydrogens is 418 g/mol. The molecule has 0 spiro atoms. The van der Waals surface area contributed by atoms with Gasteiger partial charge in [-0.2, -0.15) is 0 Å². The lowest BCUT2D eigenvalue weighted by atomic mass is 10.1. The van der Waals surface area contributed by atoms with E-state index in [4.69, 9.17) is 4.74 Å². The van der Waals surface area contributed by atoms with Crippen LogP contribution in [-0.4, -0.2) is 47.3 Å². The minimum absolute atomic E-state index is 0.110. The first kappa shape index (κ1) is 20.9. The molecule has 31 heavy (non-hydrogen) atoms. The average molecular weight is 439 g/mol. The predicted octanol–water partition coefficient (Wildman–Crippen LogP) is 2.88. The van der Waals surface area contributed by atoms with E-state index in [0.717, 1.165) is 17.3 Å². The van der Waals surface area contributed by atoms with Crippen molar-refractivity contribution in [2.45, 2.75) is 13.0 Å². The fraction of sp³-hybridized carbons (Fsp3) is 0.273. The van der Waals surface area contributed by atoms with E-state index < -0.39 is 5.92 Å². The molecule has 2 aromatic rings. The molecule has 4 rings (SSSR count). The highest BCUT2D eigenvalue weighted by atomic mass is 32.2. The van der Waals surface area contributed by atoms with Gasteiger partial charge in [-0.25, -0.2) is 0 Å². The van der Waals surface area contributed by atoms with Crippen molar-refractivity contribution in [2.24, 2.45) is 5.92 Å². The summed E-state index contributed by atoms with van der Waals surface area (Å²) >= 11 is 1.00. The highest BCUT2D eigenvalue weighted by Gasteiger charge is 2.35. The number of hydrogen-bond donors (Lipinski definition) is 1. The van der Waals surface area contributed by atoms with Crippen LogP contribution in [0.25, 0.3) is 0 Å². The Kier molecular flexibility index (Phi) is 5.94. The Balaban J connectivity index is 1.36. The van der Waals surface area contributed by atoms with E-state index in [1.54, 1.807) is 54.5 Å². The molecule has 0 aromatic heterocycles. The molecule has 1 N–H and O–H groups in total. The molecule has 8 nitrogen and oxygen atoms in total. The summed E-state index contributed by atoms with van der Waals surface area (Å²) in [5.41, 5.74) is 2.09. The summed E-state index contributed by atoms with van der Waals surface area (Å²) < 4.78 is 5.21. The number of carbonyl (C=O) groups is 4. The monoisotopic (exact) mass is 439 g/mol. The second-order valence-corrected chi connectivity index (χ2v) is 8.25. The maximum absolute atomic E-state index is 12.7. The van der Waals surface area contributed by atoms with E-state index in [1.165, 1.54) is 4.90 Å². The third-order valence-electron chi connectivity index (χ3n) is 5.26. The van der Waals surface area contributed by atoms with Crippen LogP contribution in [0.15, 0.2) is 48.5 Å². The third kappa shape index (κ3) is 4.56. The van der Waals surface area contributed by atoms with Gasteiger partial charge in [0.1, 0.15) is 5.75 Å². The van der Waals surface area contributed by atoms with E-state index in [9.17, 15) is 19.2 Å². The largest absolute Gasteiger partial charge is 0.497 e. The van der Waals surface area contributed by atoms with Crippen LogP contribution < -0.4 is 15.0 Å². The zero-order chi connectivity index (χ0) is 22.0. The van der Waals surface area contributed by atoms with E-state index in [1.807, 2.05) is 6.07 Å². The van der Waals surface area contributed by atoms with Crippen LogP contribution in [-0.2, 0) is 20.9 Å². The molecule has 0 aliphatic carbocycles. The molecule has 0 radical (unpaired) electrons. The van der Waals surface area contributed by atoms with Crippen molar-refractivity contribution in [2.75, 3.05) is 29.6 Å². The Bertz CT molecular complexity index is 1020. The number of rotatable bonds is 6. The summed E-state index contributed by atoms with van der Waals surface area (Å²) in [4.78, 5) is 51.4. The van der Waals surface area contributed by atoms with Crippen molar-refractivity contribution in [3.05, 3.63) is 54.1 Å². The van der Waals surface area contributed by atoms with Gasteiger partial charge in [0.05, 0.1) is 25.3 Å². The van der Waals surface area contributed by atoms with Crippen LogP contribution in [0.2, 0.25) is 0 Å². The molecule has 0 bridgehead atoms. The van der Waals surface area contributed by atoms with Gasteiger partial charge < -0.3 is 15.0 Å². The second kappa shape index (κ2) is 8.81. The first-order valence-corrected chi connectivity index (χ1v) is 10.7. The van der Waals surface area contributed by atoms with E-state index >= 15 is 0 Å². The number of nitrogens with one attached hydrogen (secondary N) is 1. The van der Waals surface area contributed by atoms with Gasteiger partial charge in [-0.05, 0) is 29.8 Å². The third-order valence-corrected chi connectivity index (χ3v) is 6.12. The Hall–Kier alpha value is -3.33. The number of benzene rings is 2. The summed E-state index contributed by atoms with van der Waals surface area (Å²) in [7, 11) is 1.56. The lowest BCUT2D eigenvalue weighted by Gasteiger charge is -2.17. The maximum atomic E-state index is 12.7. The van der Waals surface area contributed by atoms with Gasteiger partial charge in [0, 0.05) is 30.4 Å². The van der Waals surface area contributed by atoms with Crippen LogP contribution in [0, 0.1) is 5.92 Å². The number of imide groups is 1. The number of amides is 4. The number of methoxy groups -OCH3 is 1. The van der Waals surface area contributed by atoms with E-state index in [0.29, 0.717) is 23.7 Å². The molecule has 160 valence electrons. The minimum atomic E-state index is -0.463. The number of ether oxygens (including phenoxy) is 1. The second-order valence-electron chi connectivity index (χ2n) is 7.33. The van der Waals surface area contributed by atoms with Crippen LogP contribution in [0.1, 0.15) is 12.0 Å². The van der Waals surface area contributed by atoms with Crippen molar-refractivity contribution in [1.82, 2.24) is 4.90 Å². The van der Waals surface area contributed by atoms with Gasteiger partial charge in [0.2, 0.25) is 17.7 Å². The Morgan fingerprint density at radius 3 is 2.58 bits per heavy atom. The van der Waals surface area contributed by atoms with Crippen LogP contribution in [0.5, 0.6) is 5.75 Å². The van der Waals surface area contributed by atoms with Crippen LogP contribution in [0.3, 0.4) is 0 Å². The van der Waals surface area contributed by atoms with Crippen molar-refractivity contribution in [3.8, 4) is 5.75 Å². The smallest absolute Gasteiger partial charge is 0.289 e. The standard InChI is InChI=1S/C22H21N3O5S/c1-30-18-4-2-3-17(10-18)24-12-15(9-19(24)26)21(28)23-16-7-5-14(6-8-16)11-25-20(27)13-31-22(25)29/h2-8,10,15H,9,11-13H2,1H3,(H,23,28). The number of hydrogen-bond acceptors (Lipinski definition) is 6. The number of nitrogens with zero attached hydrogens (tertiary/aromatic N) is 2. The molecule has 2 aliphatic heterocycles.